The fourth-order valence-electron chi connectivity index (χ4n) is 0.880. The van der Waals surface area contributed by atoms with Gasteiger partial charge in [-0.05, 0) is 25.8 Å². The molecule has 0 aromatic rings. The molecule has 1 rings (SSSR count). The number of aliphatic imine (C=N–C) groups is 1. The number of hydrogen-bond donors (Lipinski definition) is 0. The molecule has 1 nitrogen and oxygen atoms in total. The van der Waals surface area contributed by atoms with Gasteiger partial charge in [0.25, 0.3) is 0 Å². The maximum Gasteiger partial charge on any atom is 0.0583 e. The summed E-state index contributed by atoms with van der Waals surface area (Å²) in [7, 11) is 0. The Morgan fingerprint density at radius 1 is 1.78 bits per heavy atom. The van der Waals surface area contributed by atoms with E-state index in [1.807, 2.05) is 0 Å². The molecule has 0 fully saturated rings. The topological polar surface area (TPSA) is 12.4 Å². The Morgan fingerprint density at radius 2 is 2.56 bits per heavy atom. The molecule has 48 valence electrons. The lowest BCUT2D eigenvalue weighted by Gasteiger charge is -2.04. The SMILES string of the molecule is C=CC1=CCCC(C)=N1. The van der Waals surface area contributed by atoms with Gasteiger partial charge in [0.15, 0.2) is 0 Å². The van der Waals surface area contributed by atoms with E-state index < -0.39 is 0 Å². The van der Waals surface area contributed by atoms with Gasteiger partial charge in [0, 0.05) is 5.71 Å². The first-order chi connectivity index (χ1) is 4.33. The first-order valence-corrected chi connectivity index (χ1v) is 3.19. The highest BCUT2D eigenvalue weighted by Crippen LogP contribution is 2.10. The summed E-state index contributed by atoms with van der Waals surface area (Å²) in [5, 5.41) is 0. The third-order valence-electron chi connectivity index (χ3n) is 1.39. The van der Waals surface area contributed by atoms with Gasteiger partial charge in [-0.3, -0.25) is 4.99 Å². The van der Waals surface area contributed by atoms with Crippen molar-refractivity contribution in [1.82, 2.24) is 0 Å². The van der Waals surface area contributed by atoms with Gasteiger partial charge in [-0.25, -0.2) is 0 Å². The molecule has 0 atom stereocenters. The monoisotopic (exact) mass is 121 g/mol. The van der Waals surface area contributed by atoms with Crippen LogP contribution in [-0.4, -0.2) is 5.71 Å². The summed E-state index contributed by atoms with van der Waals surface area (Å²) >= 11 is 0. The minimum Gasteiger partial charge on any atom is -0.258 e. The Bertz CT molecular complexity index is 175. The third kappa shape index (κ3) is 1.53. The second-order valence-electron chi connectivity index (χ2n) is 2.22. The van der Waals surface area contributed by atoms with Crippen LogP contribution < -0.4 is 0 Å². The highest BCUT2D eigenvalue weighted by atomic mass is 14.8. The molecule has 0 aromatic carbocycles. The first kappa shape index (κ1) is 6.27. The standard InChI is InChI=1S/C8H11N/c1-3-8-6-4-5-7(2)9-8/h3,6H,1,4-5H2,2H3. The van der Waals surface area contributed by atoms with Crippen LogP contribution in [0.2, 0.25) is 0 Å². The fourth-order valence-corrected chi connectivity index (χ4v) is 0.880. The van der Waals surface area contributed by atoms with Gasteiger partial charge in [0.1, 0.15) is 0 Å². The quantitative estimate of drug-likeness (QED) is 0.504. The largest absolute Gasteiger partial charge is 0.258 e. The van der Waals surface area contributed by atoms with E-state index in [9.17, 15) is 0 Å². The zero-order valence-electron chi connectivity index (χ0n) is 5.72. The van der Waals surface area contributed by atoms with Crippen LogP contribution in [0.3, 0.4) is 0 Å². The van der Waals surface area contributed by atoms with E-state index in [0.717, 1.165) is 18.5 Å². The lowest BCUT2D eigenvalue weighted by molar-refractivity contribution is 1.03. The summed E-state index contributed by atoms with van der Waals surface area (Å²) in [4.78, 5) is 4.26. The van der Waals surface area contributed by atoms with E-state index in [1.54, 1.807) is 6.08 Å². The van der Waals surface area contributed by atoms with Gasteiger partial charge in [-0.15, -0.1) is 0 Å². The van der Waals surface area contributed by atoms with Gasteiger partial charge in [0.05, 0.1) is 5.70 Å². The predicted molar refractivity (Wildman–Crippen MR) is 40.6 cm³/mol. The predicted octanol–water partition coefficient (Wildman–Crippen LogP) is 2.31. The molecule has 0 saturated carbocycles. The molecule has 0 aliphatic carbocycles. The van der Waals surface area contributed by atoms with Crippen molar-refractivity contribution in [2.75, 3.05) is 0 Å². The van der Waals surface area contributed by atoms with Crippen LogP contribution in [-0.2, 0) is 0 Å². The smallest absolute Gasteiger partial charge is 0.0583 e. The van der Waals surface area contributed by atoms with Crippen LogP contribution >= 0.6 is 0 Å². The van der Waals surface area contributed by atoms with E-state index in [-0.39, 0.29) is 0 Å². The molecule has 9 heavy (non-hydrogen) atoms. The number of allylic oxidation sites excluding steroid dienone is 2. The van der Waals surface area contributed by atoms with Crippen molar-refractivity contribution in [3.8, 4) is 0 Å². The summed E-state index contributed by atoms with van der Waals surface area (Å²) in [6, 6.07) is 0. The van der Waals surface area contributed by atoms with Crippen molar-refractivity contribution < 1.29 is 0 Å². The van der Waals surface area contributed by atoms with Crippen LogP contribution in [0.15, 0.2) is 29.4 Å². The van der Waals surface area contributed by atoms with Crippen LogP contribution in [0.4, 0.5) is 0 Å². The zero-order valence-corrected chi connectivity index (χ0v) is 5.72. The minimum absolute atomic E-state index is 1.03. The van der Waals surface area contributed by atoms with E-state index in [4.69, 9.17) is 0 Å². The Balaban J connectivity index is 2.74. The highest BCUT2D eigenvalue weighted by molar-refractivity contribution is 5.84. The molecule has 0 N–H and O–H groups in total. The summed E-state index contributed by atoms with van der Waals surface area (Å²) in [5.74, 6) is 0. The summed E-state index contributed by atoms with van der Waals surface area (Å²) in [5.41, 5.74) is 2.24. The van der Waals surface area contributed by atoms with Gasteiger partial charge < -0.3 is 0 Å². The van der Waals surface area contributed by atoms with Gasteiger partial charge in [-0.2, -0.15) is 0 Å². The Kier molecular flexibility index (Phi) is 1.83. The molecule has 1 heteroatoms. The van der Waals surface area contributed by atoms with E-state index >= 15 is 0 Å². The molecule has 1 heterocycles. The molecular weight excluding hydrogens is 110 g/mol. The van der Waals surface area contributed by atoms with Crippen LogP contribution in [0.25, 0.3) is 0 Å². The molecular formula is C8H11N. The third-order valence-corrected chi connectivity index (χ3v) is 1.39. The van der Waals surface area contributed by atoms with Crippen molar-refractivity contribution in [2.24, 2.45) is 4.99 Å². The highest BCUT2D eigenvalue weighted by Gasteiger charge is 1.97. The number of rotatable bonds is 1. The van der Waals surface area contributed by atoms with Crippen molar-refractivity contribution in [3.05, 3.63) is 24.4 Å². The molecule has 0 bridgehead atoms. The maximum absolute atomic E-state index is 4.26. The molecule has 1 aliphatic rings. The molecule has 0 amide bonds. The Labute approximate surface area is 55.8 Å². The maximum atomic E-state index is 4.26. The number of nitrogens with zero attached hydrogens (tertiary/aromatic N) is 1. The first-order valence-electron chi connectivity index (χ1n) is 3.19. The molecule has 0 aromatic heterocycles. The van der Waals surface area contributed by atoms with E-state index in [2.05, 4.69) is 24.6 Å². The van der Waals surface area contributed by atoms with E-state index in [0.29, 0.717) is 0 Å². The summed E-state index contributed by atoms with van der Waals surface area (Å²) in [6.45, 7) is 5.70. The zero-order chi connectivity index (χ0) is 6.69. The molecule has 0 radical (unpaired) electrons. The summed E-state index contributed by atoms with van der Waals surface area (Å²) < 4.78 is 0. The Hall–Kier alpha value is -0.850. The second kappa shape index (κ2) is 2.62. The summed E-state index contributed by atoms with van der Waals surface area (Å²) in [6.07, 6.45) is 6.14. The normalized spacial score (nSPS) is 18.3. The van der Waals surface area contributed by atoms with Gasteiger partial charge in [0.2, 0.25) is 0 Å². The lowest BCUT2D eigenvalue weighted by atomic mass is 10.1. The molecule has 0 saturated heterocycles. The molecule has 0 unspecified atom stereocenters. The van der Waals surface area contributed by atoms with Gasteiger partial charge in [-0.1, -0.05) is 12.7 Å². The fraction of sp³-hybridized carbons (Fsp3) is 0.375. The van der Waals surface area contributed by atoms with E-state index in [1.165, 1.54) is 5.71 Å². The second-order valence-corrected chi connectivity index (χ2v) is 2.22. The molecule has 1 aliphatic heterocycles. The van der Waals surface area contributed by atoms with Gasteiger partial charge >= 0.3 is 0 Å². The average Bonchev–Trinajstić information content (AvgIpc) is 1.88. The van der Waals surface area contributed by atoms with Crippen LogP contribution in [0, 0.1) is 0 Å². The van der Waals surface area contributed by atoms with Crippen molar-refractivity contribution >= 4 is 5.71 Å². The van der Waals surface area contributed by atoms with Crippen molar-refractivity contribution in [1.29, 1.82) is 0 Å². The number of hydrogen-bond acceptors (Lipinski definition) is 1. The minimum atomic E-state index is 1.03. The van der Waals surface area contributed by atoms with Crippen molar-refractivity contribution in [3.63, 3.8) is 0 Å². The van der Waals surface area contributed by atoms with Crippen LogP contribution in [0.1, 0.15) is 19.8 Å². The average molecular weight is 121 g/mol. The Morgan fingerprint density at radius 3 is 3.00 bits per heavy atom. The van der Waals surface area contributed by atoms with Crippen molar-refractivity contribution in [2.45, 2.75) is 19.8 Å². The molecule has 0 spiro atoms. The lowest BCUT2D eigenvalue weighted by Crippen LogP contribution is -1.95. The van der Waals surface area contributed by atoms with Crippen LogP contribution in [0.5, 0.6) is 0 Å².